The van der Waals surface area contributed by atoms with Crippen LogP contribution in [0.25, 0.3) is 10.1 Å². The van der Waals surface area contributed by atoms with Crippen LogP contribution in [0.2, 0.25) is 0 Å². The van der Waals surface area contributed by atoms with Gasteiger partial charge in [-0.2, -0.15) is 0 Å². The lowest BCUT2D eigenvalue weighted by molar-refractivity contribution is 0.0334. The standard InChI is InChI=1S/C17H10O3S/c18-15-11-6-2-3-7-12(11)16(19)17(15,20)14-9-10-5-1-4-8-13(10)21-14/h1-9,20H. The molecule has 0 bridgehead atoms. The first kappa shape index (κ1) is 12.4. The summed E-state index contributed by atoms with van der Waals surface area (Å²) >= 11 is 1.28. The first-order valence-corrected chi connectivity index (χ1v) is 7.34. The number of thiophene rings is 1. The Morgan fingerprint density at radius 2 is 1.43 bits per heavy atom. The highest BCUT2D eigenvalue weighted by Crippen LogP contribution is 2.42. The molecule has 0 unspecified atom stereocenters. The van der Waals surface area contributed by atoms with Crippen molar-refractivity contribution in [3.63, 3.8) is 0 Å². The topological polar surface area (TPSA) is 54.4 Å². The van der Waals surface area contributed by atoms with E-state index in [9.17, 15) is 14.7 Å². The van der Waals surface area contributed by atoms with Crippen molar-refractivity contribution in [3.05, 3.63) is 70.6 Å². The minimum atomic E-state index is -2.08. The fraction of sp³-hybridized carbons (Fsp3) is 0.0588. The van der Waals surface area contributed by atoms with Gasteiger partial charge in [0.05, 0.1) is 4.88 Å². The van der Waals surface area contributed by atoms with E-state index in [-0.39, 0.29) is 0 Å². The fourth-order valence-corrected chi connectivity index (χ4v) is 3.90. The molecule has 1 heterocycles. The Morgan fingerprint density at radius 1 is 0.857 bits per heavy atom. The summed E-state index contributed by atoms with van der Waals surface area (Å²) in [5, 5.41) is 11.8. The van der Waals surface area contributed by atoms with Gasteiger partial charge >= 0.3 is 0 Å². The smallest absolute Gasteiger partial charge is 0.225 e. The van der Waals surface area contributed by atoms with Crippen molar-refractivity contribution in [2.24, 2.45) is 0 Å². The van der Waals surface area contributed by atoms with Crippen LogP contribution in [0.4, 0.5) is 0 Å². The maximum Gasteiger partial charge on any atom is 0.225 e. The van der Waals surface area contributed by atoms with Crippen LogP contribution in [0.15, 0.2) is 54.6 Å². The third kappa shape index (κ3) is 1.51. The first-order chi connectivity index (χ1) is 10.1. The van der Waals surface area contributed by atoms with Gasteiger partial charge in [-0.15, -0.1) is 11.3 Å². The van der Waals surface area contributed by atoms with Crippen LogP contribution in [0.5, 0.6) is 0 Å². The molecule has 102 valence electrons. The summed E-state index contributed by atoms with van der Waals surface area (Å²) in [4.78, 5) is 25.5. The second kappa shape index (κ2) is 4.10. The number of hydrogen-bond acceptors (Lipinski definition) is 4. The molecule has 0 aliphatic heterocycles. The molecule has 1 aromatic heterocycles. The predicted molar refractivity (Wildman–Crippen MR) is 80.8 cm³/mol. The zero-order valence-electron chi connectivity index (χ0n) is 10.9. The number of Topliss-reactive ketones (excluding diaryl/α,β-unsaturated/α-hetero) is 2. The Kier molecular flexibility index (Phi) is 2.43. The molecule has 0 atom stereocenters. The van der Waals surface area contributed by atoms with Crippen molar-refractivity contribution in [3.8, 4) is 0 Å². The number of ketones is 2. The predicted octanol–water partition coefficient (Wildman–Crippen LogP) is 3.17. The van der Waals surface area contributed by atoms with Crippen molar-refractivity contribution in [1.29, 1.82) is 0 Å². The lowest BCUT2D eigenvalue weighted by Gasteiger charge is -2.16. The van der Waals surface area contributed by atoms with Crippen LogP contribution in [0, 0.1) is 0 Å². The van der Waals surface area contributed by atoms with E-state index in [0.29, 0.717) is 16.0 Å². The van der Waals surface area contributed by atoms with Crippen molar-refractivity contribution in [2.45, 2.75) is 5.60 Å². The number of hydrogen-bond donors (Lipinski definition) is 1. The molecule has 1 aliphatic rings. The highest BCUT2D eigenvalue weighted by molar-refractivity contribution is 7.19. The summed E-state index contributed by atoms with van der Waals surface area (Å²) in [6.45, 7) is 0. The molecule has 0 spiro atoms. The zero-order valence-corrected chi connectivity index (χ0v) is 11.7. The van der Waals surface area contributed by atoms with Gasteiger partial charge in [-0.05, 0) is 17.5 Å². The van der Waals surface area contributed by atoms with E-state index < -0.39 is 17.2 Å². The number of aliphatic hydroxyl groups is 1. The Hall–Kier alpha value is -2.30. The van der Waals surface area contributed by atoms with Gasteiger partial charge in [0.1, 0.15) is 0 Å². The SMILES string of the molecule is O=C1c2ccccc2C(=O)C1(O)c1cc2ccccc2s1. The van der Waals surface area contributed by atoms with Gasteiger partial charge in [0.15, 0.2) is 0 Å². The molecule has 21 heavy (non-hydrogen) atoms. The summed E-state index contributed by atoms with van der Waals surface area (Å²) in [6.07, 6.45) is 0. The molecule has 4 rings (SSSR count). The van der Waals surface area contributed by atoms with E-state index in [0.717, 1.165) is 10.1 Å². The van der Waals surface area contributed by atoms with Crippen LogP contribution in [-0.4, -0.2) is 16.7 Å². The second-order valence-electron chi connectivity index (χ2n) is 5.06. The molecule has 3 aromatic rings. The average Bonchev–Trinajstić information content (AvgIpc) is 3.03. The van der Waals surface area contributed by atoms with Crippen LogP contribution in [-0.2, 0) is 5.60 Å². The highest BCUT2D eigenvalue weighted by atomic mass is 32.1. The maximum absolute atomic E-state index is 12.5. The lowest BCUT2D eigenvalue weighted by Crippen LogP contribution is -2.37. The van der Waals surface area contributed by atoms with Gasteiger partial charge in [0, 0.05) is 15.8 Å². The number of carbonyl (C=O) groups is 2. The Labute approximate surface area is 124 Å². The summed E-state index contributed by atoms with van der Waals surface area (Å²) in [5.74, 6) is -1.07. The van der Waals surface area contributed by atoms with Gasteiger partial charge in [-0.3, -0.25) is 9.59 Å². The van der Waals surface area contributed by atoms with Gasteiger partial charge in [-0.1, -0.05) is 42.5 Å². The van der Waals surface area contributed by atoms with Crippen molar-refractivity contribution < 1.29 is 14.7 Å². The fourth-order valence-electron chi connectivity index (χ4n) is 2.76. The zero-order chi connectivity index (χ0) is 14.6. The summed E-state index contributed by atoms with van der Waals surface area (Å²) in [5.41, 5.74) is -1.49. The number of carbonyl (C=O) groups excluding carboxylic acids is 2. The molecule has 0 saturated heterocycles. The van der Waals surface area contributed by atoms with Gasteiger partial charge in [0.25, 0.3) is 0 Å². The molecule has 0 saturated carbocycles. The highest BCUT2D eigenvalue weighted by Gasteiger charge is 2.53. The van der Waals surface area contributed by atoms with E-state index >= 15 is 0 Å². The molecule has 4 heteroatoms. The quantitative estimate of drug-likeness (QED) is 0.701. The number of rotatable bonds is 1. The Morgan fingerprint density at radius 3 is 2.05 bits per heavy atom. The Bertz CT molecular complexity index is 839. The first-order valence-electron chi connectivity index (χ1n) is 6.52. The lowest BCUT2D eigenvalue weighted by atomic mass is 9.95. The van der Waals surface area contributed by atoms with Crippen LogP contribution < -0.4 is 0 Å². The van der Waals surface area contributed by atoms with Crippen LogP contribution >= 0.6 is 11.3 Å². The molecule has 0 amide bonds. The molecule has 0 fully saturated rings. The second-order valence-corrected chi connectivity index (χ2v) is 6.15. The molecule has 3 nitrogen and oxygen atoms in total. The van der Waals surface area contributed by atoms with Crippen molar-refractivity contribution >= 4 is 33.0 Å². The van der Waals surface area contributed by atoms with Crippen molar-refractivity contribution in [2.75, 3.05) is 0 Å². The molecule has 0 radical (unpaired) electrons. The third-order valence-corrected chi connectivity index (χ3v) is 5.08. The van der Waals surface area contributed by atoms with E-state index in [2.05, 4.69) is 0 Å². The number of fused-ring (bicyclic) bond motifs is 2. The van der Waals surface area contributed by atoms with Crippen molar-refractivity contribution in [1.82, 2.24) is 0 Å². The average molecular weight is 294 g/mol. The largest absolute Gasteiger partial charge is 0.370 e. The van der Waals surface area contributed by atoms with E-state index in [4.69, 9.17) is 0 Å². The molecule has 1 N–H and O–H groups in total. The minimum absolute atomic E-state index is 0.294. The molecular formula is C17H10O3S. The van der Waals surface area contributed by atoms with Gasteiger partial charge in [0.2, 0.25) is 17.2 Å². The maximum atomic E-state index is 12.5. The van der Waals surface area contributed by atoms with E-state index in [1.807, 2.05) is 24.3 Å². The van der Waals surface area contributed by atoms with E-state index in [1.54, 1.807) is 30.3 Å². The summed E-state index contributed by atoms with van der Waals surface area (Å²) in [7, 11) is 0. The van der Waals surface area contributed by atoms with E-state index in [1.165, 1.54) is 11.3 Å². The van der Waals surface area contributed by atoms with Gasteiger partial charge in [-0.25, -0.2) is 0 Å². The summed E-state index contributed by atoms with van der Waals surface area (Å²) < 4.78 is 0.942. The molecule has 2 aromatic carbocycles. The summed E-state index contributed by atoms with van der Waals surface area (Å²) in [6, 6.07) is 15.9. The van der Waals surface area contributed by atoms with Crippen LogP contribution in [0.3, 0.4) is 0 Å². The third-order valence-electron chi connectivity index (χ3n) is 3.86. The minimum Gasteiger partial charge on any atom is -0.370 e. The molecule has 1 aliphatic carbocycles. The normalized spacial score (nSPS) is 16.4. The molecular weight excluding hydrogens is 284 g/mol. The Balaban J connectivity index is 1.96. The van der Waals surface area contributed by atoms with Gasteiger partial charge < -0.3 is 5.11 Å². The monoisotopic (exact) mass is 294 g/mol. The van der Waals surface area contributed by atoms with Crippen LogP contribution in [0.1, 0.15) is 25.6 Å². The number of benzene rings is 2.